The van der Waals surface area contributed by atoms with Gasteiger partial charge in [-0.05, 0) is 12.8 Å². The molecule has 0 aliphatic carbocycles. The summed E-state index contributed by atoms with van der Waals surface area (Å²) in [6.07, 6.45) is 9.67. The molecule has 0 aliphatic rings. The van der Waals surface area contributed by atoms with E-state index in [1.807, 2.05) is 0 Å². The highest BCUT2D eigenvalue weighted by molar-refractivity contribution is 5.93. The molecule has 0 unspecified atom stereocenters. The third-order valence-corrected chi connectivity index (χ3v) is 2.59. The number of hydrogen-bond donors (Lipinski definition) is 2. The minimum Gasteiger partial charge on any atom is -0.478 e. The van der Waals surface area contributed by atoms with E-state index in [1.54, 1.807) is 0 Å². The van der Waals surface area contributed by atoms with E-state index >= 15 is 0 Å². The largest absolute Gasteiger partial charge is 0.478 e. The number of aliphatic carboxylic acids is 1. The number of amides is 1. The molecule has 0 saturated carbocycles. The van der Waals surface area contributed by atoms with Crippen LogP contribution in [0.25, 0.3) is 0 Å². The van der Waals surface area contributed by atoms with Crippen LogP contribution in [0.4, 0.5) is 0 Å². The smallest absolute Gasteiger partial charge is 0.329 e. The van der Waals surface area contributed by atoms with Crippen LogP contribution in [0.15, 0.2) is 24.4 Å². The molecule has 0 atom stereocenters. The molecule has 4 heteroatoms. The number of carboxylic acid groups (broad SMARTS) is 1. The van der Waals surface area contributed by atoms with Gasteiger partial charge in [-0.2, -0.15) is 0 Å². The average Bonchev–Trinajstić information content (AvgIpc) is 2.32. The highest BCUT2D eigenvalue weighted by atomic mass is 16.4. The zero-order valence-corrected chi connectivity index (χ0v) is 11.1. The Kier molecular flexibility index (Phi) is 9.64. The Balaban J connectivity index is 3.62. The Bertz CT molecular complexity index is 308. The molecule has 0 aliphatic heterocycles. The molecule has 4 nitrogen and oxygen atoms in total. The molecule has 0 saturated heterocycles. The van der Waals surface area contributed by atoms with Crippen molar-refractivity contribution in [3.8, 4) is 0 Å². The van der Waals surface area contributed by atoms with Crippen LogP contribution in [-0.4, -0.2) is 17.0 Å². The van der Waals surface area contributed by atoms with Crippen LogP contribution < -0.4 is 5.32 Å². The summed E-state index contributed by atoms with van der Waals surface area (Å²) in [5.41, 5.74) is 0.500. The molecule has 0 fully saturated rings. The summed E-state index contributed by atoms with van der Waals surface area (Å²) in [4.78, 5) is 21.6. The summed E-state index contributed by atoms with van der Waals surface area (Å²) in [7, 11) is 0. The number of nitrogens with one attached hydrogen (secondary N) is 1. The summed E-state index contributed by atoms with van der Waals surface area (Å²) in [5.74, 6) is -1.39. The highest BCUT2D eigenvalue weighted by Crippen LogP contribution is 2.10. The van der Waals surface area contributed by atoms with Gasteiger partial charge < -0.3 is 10.4 Å². The molecule has 0 bridgehead atoms. The van der Waals surface area contributed by atoms with Crippen molar-refractivity contribution >= 4 is 11.9 Å². The number of carbonyl (C=O) groups is 2. The van der Waals surface area contributed by atoms with E-state index in [0.29, 0.717) is 12.0 Å². The first-order valence-electron chi connectivity index (χ1n) is 6.46. The minimum atomic E-state index is -1.09. The molecule has 18 heavy (non-hydrogen) atoms. The second-order valence-electron chi connectivity index (χ2n) is 4.27. The van der Waals surface area contributed by atoms with Crippen LogP contribution in [0.5, 0.6) is 0 Å². The first-order valence-corrected chi connectivity index (χ1v) is 6.46. The van der Waals surface area contributed by atoms with Crippen molar-refractivity contribution in [2.45, 2.75) is 51.9 Å². The lowest BCUT2D eigenvalue weighted by atomic mass is 10.1. The van der Waals surface area contributed by atoms with Crippen LogP contribution in [0.1, 0.15) is 51.9 Å². The van der Waals surface area contributed by atoms with Crippen molar-refractivity contribution in [1.29, 1.82) is 0 Å². The van der Waals surface area contributed by atoms with Gasteiger partial charge in [0.2, 0.25) is 0 Å². The van der Waals surface area contributed by atoms with E-state index in [9.17, 15) is 9.59 Å². The van der Waals surface area contributed by atoms with E-state index in [1.165, 1.54) is 25.7 Å². The van der Waals surface area contributed by atoms with E-state index in [-0.39, 0.29) is 5.91 Å². The van der Waals surface area contributed by atoms with Crippen LogP contribution in [0.2, 0.25) is 0 Å². The summed E-state index contributed by atoms with van der Waals surface area (Å²) < 4.78 is 0. The maximum Gasteiger partial charge on any atom is 0.329 e. The topological polar surface area (TPSA) is 66.4 Å². The minimum absolute atomic E-state index is 0.305. The number of unbranched alkanes of at least 4 members (excludes halogenated alkanes) is 5. The molecule has 0 aromatic rings. The van der Waals surface area contributed by atoms with Gasteiger partial charge in [-0.3, -0.25) is 4.79 Å². The maximum absolute atomic E-state index is 11.4. The summed E-state index contributed by atoms with van der Waals surface area (Å²) in [6.45, 7) is 5.87. The Morgan fingerprint density at radius 3 is 2.39 bits per heavy atom. The fraction of sp³-hybridized carbons (Fsp3) is 0.571. The van der Waals surface area contributed by atoms with Gasteiger partial charge in [0.1, 0.15) is 0 Å². The molecule has 2 N–H and O–H groups in total. The molecular formula is C14H23NO3. The fourth-order valence-corrected chi connectivity index (χ4v) is 1.52. The van der Waals surface area contributed by atoms with E-state index in [0.717, 1.165) is 25.1 Å². The number of carbonyl (C=O) groups excluding carboxylic acids is 1. The Morgan fingerprint density at radius 2 is 1.78 bits per heavy atom. The molecule has 0 spiro atoms. The van der Waals surface area contributed by atoms with Gasteiger partial charge in [-0.25, -0.2) is 4.79 Å². The standard InChI is InChI=1S/C14H23NO3/c1-3-4-5-6-7-8-9-12(2)14(18)15-11-10-13(16)17/h10-11H,2-9H2,1H3,(H,15,18)(H,16,17). The molecule has 102 valence electrons. The summed E-state index contributed by atoms with van der Waals surface area (Å²) in [6, 6.07) is 0. The predicted octanol–water partition coefficient (Wildman–Crippen LogP) is 3.01. The van der Waals surface area contributed by atoms with E-state index in [2.05, 4.69) is 18.8 Å². The van der Waals surface area contributed by atoms with E-state index in [4.69, 9.17) is 5.11 Å². The zero-order chi connectivity index (χ0) is 13.8. The van der Waals surface area contributed by atoms with Crippen molar-refractivity contribution in [1.82, 2.24) is 5.32 Å². The quantitative estimate of drug-likeness (QED) is 0.464. The molecule has 0 aromatic heterocycles. The first-order chi connectivity index (χ1) is 8.57. The van der Waals surface area contributed by atoms with Gasteiger partial charge in [0.15, 0.2) is 0 Å². The number of hydrogen-bond acceptors (Lipinski definition) is 2. The maximum atomic E-state index is 11.4. The monoisotopic (exact) mass is 253 g/mol. The third kappa shape index (κ3) is 9.63. The Labute approximate surface area is 109 Å². The van der Waals surface area contributed by atoms with Crippen molar-refractivity contribution in [3.63, 3.8) is 0 Å². The van der Waals surface area contributed by atoms with Gasteiger partial charge in [-0.1, -0.05) is 45.6 Å². The van der Waals surface area contributed by atoms with Gasteiger partial charge in [0, 0.05) is 17.8 Å². The van der Waals surface area contributed by atoms with Gasteiger partial charge in [0.25, 0.3) is 5.91 Å². The van der Waals surface area contributed by atoms with Crippen molar-refractivity contribution < 1.29 is 14.7 Å². The van der Waals surface area contributed by atoms with Crippen molar-refractivity contribution in [2.75, 3.05) is 0 Å². The Hall–Kier alpha value is -1.58. The van der Waals surface area contributed by atoms with Crippen molar-refractivity contribution in [3.05, 3.63) is 24.4 Å². The van der Waals surface area contributed by atoms with Gasteiger partial charge in [-0.15, -0.1) is 0 Å². The normalized spacial score (nSPS) is 10.5. The molecule has 0 rings (SSSR count). The van der Waals surface area contributed by atoms with Crippen LogP contribution >= 0.6 is 0 Å². The molecular weight excluding hydrogens is 230 g/mol. The lowest BCUT2D eigenvalue weighted by molar-refractivity contribution is -0.131. The number of rotatable bonds is 10. The highest BCUT2D eigenvalue weighted by Gasteiger charge is 2.04. The number of carboxylic acids is 1. The second-order valence-corrected chi connectivity index (χ2v) is 4.27. The zero-order valence-electron chi connectivity index (χ0n) is 11.1. The van der Waals surface area contributed by atoms with Gasteiger partial charge >= 0.3 is 5.97 Å². The molecule has 0 radical (unpaired) electrons. The molecule has 0 aromatic carbocycles. The lowest BCUT2D eigenvalue weighted by Gasteiger charge is -2.04. The van der Waals surface area contributed by atoms with Gasteiger partial charge in [0.05, 0.1) is 0 Å². The third-order valence-electron chi connectivity index (χ3n) is 2.59. The average molecular weight is 253 g/mol. The first kappa shape index (κ1) is 16.4. The van der Waals surface area contributed by atoms with Crippen molar-refractivity contribution in [2.24, 2.45) is 0 Å². The molecule has 1 amide bonds. The SMILES string of the molecule is C=C(CCCCCCCC)C(=O)NC=CC(=O)O. The molecule has 0 heterocycles. The summed E-state index contributed by atoms with van der Waals surface area (Å²) in [5, 5.41) is 10.7. The second kappa shape index (κ2) is 10.6. The van der Waals surface area contributed by atoms with Crippen LogP contribution in [0.3, 0.4) is 0 Å². The Morgan fingerprint density at radius 1 is 1.17 bits per heavy atom. The fourth-order valence-electron chi connectivity index (χ4n) is 1.52. The van der Waals surface area contributed by atoms with Crippen LogP contribution in [-0.2, 0) is 9.59 Å². The predicted molar refractivity (Wildman–Crippen MR) is 72.1 cm³/mol. The van der Waals surface area contributed by atoms with E-state index < -0.39 is 5.97 Å². The van der Waals surface area contributed by atoms with Crippen LogP contribution in [0, 0.1) is 0 Å². The lowest BCUT2D eigenvalue weighted by Crippen LogP contribution is -2.19. The summed E-state index contributed by atoms with van der Waals surface area (Å²) >= 11 is 0.